The minimum Gasteiger partial charge on any atom is -0.321 e. The van der Waals surface area contributed by atoms with Gasteiger partial charge in [0.05, 0.1) is 4.24 Å². The largest absolute Gasteiger partial charge is 0.321 e. The summed E-state index contributed by atoms with van der Waals surface area (Å²) in [7, 11) is 0. The van der Waals surface area contributed by atoms with Gasteiger partial charge in [-0.3, -0.25) is 4.79 Å². The van der Waals surface area contributed by atoms with Gasteiger partial charge in [-0.2, -0.15) is 5.26 Å². The van der Waals surface area contributed by atoms with E-state index in [1.54, 1.807) is 24.3 Å². The molecule has 1 N–H and O–H groups in total. The van der Waals surface area contributed by atoms with Crippen LogP contribution in [0.1, 0.15) is 11.1 Å². The van der Waals surface area contributed by atoms with E-state index in [0.717, 1.165) is 11.1 Å². The predicted octanol–water partition coefficient (Wildman–Crippen LogP) is 7.67. The number of carbonyl (C=O) groups is 1. The molecule has 0 aliphatic rings. The predicted molar refractivity (Wildman–Crippen MR) is 133 cm³/mol. The van der Waals surface area contributed by atoms with E-state index in [1.807, 2.05) is 30.3 Å². The van der Waals surface area contributed by atoms with Gasteiger partial charge < -0.3 is 5.32 Å². The van der Waals surface area contributed by atoms with E-state index in [1.165, 1.54) is 47.8 Å². The highest BCUT2D eigenvalue weighted by Crippen LogP contribution is 2.37. The van der Waals surface area contributed by atoms with Crippen molar-refractivity contribution in [3.63, 3.8) is 0 Å². The molecule has 0 atom stereocenters. The van der Waals surface area contributed by atoms with Crippen LogP contribution in [0.3, 0.4) is 0 Å². The molecule has 0 aliphatic heterocycles. The minimum absolute atomic E-state index is 0.00671. The molecule has 1 amide bonds. The van der Waals surface area contributed by atoms with Crippen LogP contribution in [-0.4, -0.2) is 5.91 Å². The Labute approximate surface area is 204 Å². The lowest BCUT2D eigenvalue weighted by Gasteiger charge is -2.11. The Bertz CT molecular complexity index is 1090. The Balaban J connectivity index is 1.81. The van der Waals surface area contributed by atoms with Crippen LogP contribution in [0.15, 0.2) is 82.6 Å². The van der Waals surface area contributed by atoms with Gasteiger partial charge >= 0.3 is 0 Å². The summed E-state index contributed by atoms with van der Waals surface area (Å²) in [5.41, 5.74) is 2.45. The first-order chi connectivity index (χ1) is 15.4. The average molecular weight is 503 g/mol. The molecule has 32 heavy (non-hydrogen) atoms. The van der Waals surface area contributed by atoms with Gasteiger partial charge in [-0.05, 0) is 59.7 Å². The average Bonchev–Trinajstić information content (AvgIpc) is 2.79. The SMILES string of the molecule is N#CC(C(=O)Nc1ccc(F)cc1)=C(SCc1ccc(Cl)cc1)SCc1ccc(Cl)cc1. The molecule has 0 heterocycles. The number of anilines is 1. The van der Waals surface area contributed by atoms with Gasteiger partial charge in [-0.15, -0.1) is 23.5 Å². The van der Waals surface area contributed by atoms with E-state index in [-0.39, 0.29) is 5.57 Å². The molecule has 0 saturated carbocycles. The molecular formula is C24H17Cl2FN2OS2. The molecular weight excluding hydrogens is 486 g/mol. The quantitative estimate of drug-likeness (QED) is 0.253. The zero-order chi connectivity index (χ0) is 22.9. The van der Waals surface area contributed by atoms with Crippen LogP contribution in [0.5, 0.6) is 0 Å². The van der Waals surface area contributed by atoms with E-state index in [2.05, 4.69) is 5.32 Å². The molecule has 0 aliphatic carbocycles. The molecule has 0 radical (unpaired) electrons. The highest BCUT2D eigenvalue weighted by molar-refractivity contribution is 8.21. The van der Waals surface area contributed by atoms with Crippen LogP contribution in [0, 0.1) is 17.1 Å². The second-order valence-corrected chi connectivity index (χ2v) is 9.67. The van der Waals surface area contributed by atoms with Crippen molar-refractivity contribution >= 4 is 58.3 Å². The fourth-order valence-corrected chi connectivity index (χ4v) is 5.05. The van der Waals surface area contributed by atoms with E-state index in [0.29, 0.717) is 31.5 Å². The number of carbonyl (C=O) groups excluding carboxylic acids is 1. The first kappa shape index (κ1) is 24.2. The van der Waals surface area contributed by atoms with Crippen molar-refractivity contribution in [1.82, 2.24) is 0 Å². The Morgan fingerprint density at radius 1 is 0.844 bits per heavy atom. The van der Waals surface area contributed by atoms with Gasteiger partial charge in [0.15, 0.2) is 0 Å². The van der Waals surface area contributed by atoms with E-state index in [4.69, 9.17) is 23.2 Å². The smallest absolute Gasteiger partial charge is 0.268 e. The summed E-state index contributed by atoms with van der Waals surface area (Å²) < 4.78 is 13.7. The van der Waals surface area contributed by atoms with Crippen molar-refractivity contribution in [2.24, 2.45) is 0 Å². The molecule has 3 rings (SSSR count). The maximum atomic E-state index is 13.2. The van der Waals surface area contributed by atoms with E-state index in [9.17, 15) is 14.4 Å². The lowest BCUT2D eigenvalue weighted by atomic mass is 10.2. The Morgan fingerprint density at radius 3 is 1.75 bits per heavy atom. The third kappa shape index (κ3) is 7.32. The van der Waals surface area contributed by atoms with Crippen LogP contribution in [0.4, 0.5) is 10.1 Å². The number of nitrogens with zero attached hydrogens (tertiary/aromatic N) is 1. The number of benzene rings is 3. The molecule has 0 fully saturated rings. The first-order valence-corrected chi connectivity index (χ1v) is 12.1. The first-order valence-electron chi connectivity index (χ1n) is 9.40. The second kappa shape index (κ2) is 12.0. The maximum Gasteiger partial charge on any atom is 0.268 e. The van der Waals surface area contributed by atoms with Crippen LogP contribution < -0.4 is 5.32 Å². The van der Waals surface area contributed by atoms with Crippen molar-refractivity contribution in [1.29, 1.82) is 5.26 Å². The highest BCUT2D eigenvalue weighted by atomic mass is 35.5. The third-order valence-corrected chi connectivity index (χ3v) is 7.31. The Morgan fingerprint density at radius 2 is 1.31 bits per heavy atom. The summed E-state index contributed by atoms with van der Waals surface area (Å²) in [6, 6.07) is 22.2. The molecule has 0 aromatic heterocycles. The summed E-state index contributed by atoms with van der Waals surface area (Å²) in [6.07, 6.45) is 0. The standard InChI is InChI=1S/C24H17Cl2FN2OS2/c25-18-5-1-16(2-6-18)14-31-24(32-15-17-3-7-19(26)8-4-17)22(13-28)23(30)29-21-11-9-20(27)10-12-21/h1-12H,14-15H2,(H,29,30). The summed E-state index contributed by atoms with van der Waals surface area (Å²) in [5.74, 6) is 0.183. The van der Waals surface area contributed by atoms with Crippen molar-refractivity contribution in [2.45, 2.75) is 11.5 Å². The molecule has 0 saturated heterocycles. The maximum absolute atomic E-state index is 13.2. The fraction of sp³-hybridized carbons (Fsp3) is 0.0833. The van der Waals surface area contributed by atoms with Crippen LogP contribution >= 0.6 is 46.7 Å². The van der Waals surface area contributed by atoms with Gasteiger partial charge in [-0.25, -0.2) is 4.39 Å². The highest BCUT2D eigenvalue weighted by Gasteiger charge is 2.18. The summed E-state index contributed by atoms with van der Waals surface area (Å²) in [5, 5.41) is 13.7. The molecule has 3 aromatic carbocycles. The van der Waals surface area contributed by atoms with Crippen LogP contribution in [0.25, 0.3) is 0 Å². The van der Waals surface area contributed by atoms with Crippen molar-refractivity contribution < 1.29 is 9.18 Å². The number of hydrogen-bond acceptors (Lipinski definition) is 4. The number of hydrogen-bond donors (Lipinski definition) is 1. The van der Waals surface area contributed by atoms with Gasteiger partial charge in [0.25, 0.3) is 5.91 Å². The number of rotatable bonds is 8. The number of nitrogens with one attached hydrogen (secondary N) is 1. The van der Waals surface area contributed by atoms with Crippen molar-refractivity contribution in [3.05, 3.63) is 110 Å². The number of halogens is 3. The van der Waals surface area contributed by atoms with Crippen LogP contribution in [-0.2, 0) is 16.3 Å². The number of amides is 1. The molecule has 0 unspecified atom stereocenters. The zero-order valence-corrected chi connectivity index (χ0v) is 19.8. The lowest BCUT2D eigenvalue weighted by Crippen LogP contribution is -2.14. The minimum atomic E-state index is -0.540. The zero-order valence-electron chi connectivity index (χ0n) is 16.6. The molecule has 162 valence electrons. The Kier molecular flexibility index (Phi) is 9.07. The lowest BCUT2D eigenvalue weighted by molar-refractivity contribution is -0.112. The molecule has 3 aromatic rings. The van der Waals surface area contributed by atoms with Gasteiger partial charge in [0, 0.05) is 27.2 Å². The molecule has 0 bridgehead atoms. The van der Waals surface area contributed by atoms with Gasteiger partial charge in [0.2, 0.25) is 0 Å². The summed E-state index contributed by atoms with van der Waals surface area (Å²) in [4.78, 5) is 12.8. The van der Waals surface area contributed by atoms with Gasteiger partial charge in [0.1, 0.15) is 17.5 Å². The summed E-state index contributed by atoms with van der Waals surface area (Å²) in [6.45, 7) is 0. The summed E-state index contributed by atoms with van der Waals surface area (Å²) >= 11 is 14.7. The van der Waals surface area contributed by atoms with E-state index >= 15 is 0 Å². The topological polar surface area (TPSA) is 52.9 Å². The monoisotopic (exact) mass is 502 g/mol. The van der Waals surface area contributed by atoms with Gasteiger partial charge in [-0.1, -0.05) is 47.5 Å². The number of nitriles is 1. The van der Waals surface area contributed by atoms with Crippen molar-refractivity contribution in [3.8, 4) is 6.07 Å². The normalized spacial score (nSPS) is 10.3. The Hall–Kier alpha value is -2.43. The molecule has 3 nitrogen and oxygen atoms in total. The second-order valence-electron chi connectivity index (χ2n) is 6.57. The van der Waals surface area contributed by atoms with Crippen LogP contribution in [0.2, 0.25) is 10.0 Å². The third-order valence-electron chi connectivity index (χ3n) is 4.21. The molecule has 8 heteroatoms. The van der Waals surface area contributed by atoms with Crippen molar-refractivity contribution in [2.75, 3.05) is 5.32 Å². The molecule has 0 spiro atoms. The van der Waals surface area contributed by atoms with E-state index < -0.39 is 11.7 Å². The number of thioether (sulfide) groups is 2. The fourth-order valence-electron chi connectivity index (χ4n) is 2.56.